The van der Waals surface area contributed by atoms with E-state index >= 15 is 0 Å². The summed E-state index contributed by atoms with van der Waals surface area (Å²) in [6, 6.07) is 6.71. The molecule has 0 bridgehead atoms. The minimum atomic E-state index is -0.442. The van der Waals surface area contributed by atoms with E-state index in [1.54, 1.807) is 25.1 Å². The molecule has 0 spiro atoms. The van der Waals surface area contributed by atoms with Crippen LogP contribution in [0.5, 0.6) is 0 Å². The molecular formula is C24H27FN4O3S2. The second kappa shape index (κ2) is 10.7. The van der Waals surface area contributed by atoms with Gasteiger partial charge < -0.3 is 10.1 Å². The van der Waals surface area contributed by atoms with E-state index in [2.05, 4.69) is 15.5 Å². The van der Waals surface area contributed by atoms with Crippen molar-refractivity contribution in [3.63, 3.8) is 0 Å². The summed E-state index contributed by atoms with van der Waals surface area (Å²) >= 11 is 2.62. The number of carbonyl (C=O) groups excluding carboxylic acids is 2. The van der Waals surface area contributed by atoms with Gasteiger partial charge in [0.25, 0.3) is 0 Å². The highest BCUT2D eigenvalue weighted by molar-refractivity contribution is 7.99. The van der Waals surface area contributed by atoms with E-state index in [0.29, 0.717) is 27.1 Å². The van der Waals surface area contributed by atoms with E-state index in [-0.39, 0.29) is 30.1 Å². The van der Waals surface area contributed by atoms with Crippen LogP contribution >= 0.6 is 23.1 Å². The predicted octanol–water partition coefficient (Wildman–Crippen LogP) is 5.79. The van der Waals surface area contributed by atoms with Crippen molar-refractivity contribution in [2.45, 2.75) is 57.7 Å². The number of amides is 1. The zero-order chi connectivity index (χ0) is 24.2. The minimum Gasteiger partial charge on any atom is -0.462 e. The number of benzene rings is 1. The summed E-state index contributed by atoms with van der Waals surface area (Å²) in [6.45, 7) is 5.76. The van der Waals surface area contributed by atoms with Crippen molar-refractivity contribution in [3.05, 3.63) is 46.1 Å². The molecule has 1 saturated carbocycles. The van der Waals surface area contributed by atoms with Crippen molar-refractivity contribution < 1.29 is 18.7 Å². The number of hydrogen-bond donors (Lipinski definition) is 1. The van der Waals surface area contributed by atoms with E-state index in [4.69, 9.17) is 4.74 Å². The van der Waals surface area contributed by atoms with Gasteiger partial charge in [-0.1, -0.05) is 36.7 Å². The Morgan fingerprint density at radius 1 is 1.24 bits per heavy atom. The molecule has 1 aromatic carbocycles. The first-order valence-corrected chi connectivity index (χ1v) is 13.1. The lowest BCUT2D eigenvalue weighted by Crippen LogP contribution is -2.17. The molecule has 4 rings (SSSR count). The number of aromatic nitrogens is 3. The number of rotatable bonds is 8. The number of esters is 1. The molecule has 0 saturated heterocycles. The first-order valence-electron chi connectivity index (χ1n) is 11.3. The van der Waals surface area contributed by atoms with Crippen LogP contribution in [0.3, 0.4) is 0 Å². The van der Waals surface area contributed by atoms with Gasteiger partial charge in [-0.3, -0.25) is 9.36 Å². The van der Waals surface area contributed by atoms with Crippen LogP contribution in [0.2, 0.25) is 0 Å². The van der Waals surface area contributed by atoms with Gasteiger partial charge in [-0.25, -0.2) is 9.18 Å². The van der Waals surface area contributed by atoms with Crippen molar-refractivity contribution in [3.8, 4) is 11.4 Å². The summed E-state index contributed by atoms with van der Waals surface area (Å²) in [5.74, 6) is -0.478. The Labute approximate surface area is 206 Å². The molecule has 1 N–H and O–H groups in total. The molecular weight excluding hydrogens is 475 g/mol. The summed E-state index contributed by atoms with van der Waals surface area (Å²) in [5.41, 5.74) is 1.61. The van der Waals surface area contributed by atoms with E-state index in [1.165, 1.54) is 29.2 Å². The molecule has 10 heteroatoms. The Morgan fingerprint density at radius 2 is 1.97 bits per heavy atom. The number of halogens is 1. The predicted molar refractivity (Wildman–Crippen MR) is 132 cm³/mol. The minimum absolute atomic E-state index is 0.0837. The molecule has 1 aliphatic carbocycles. The van der Waals surface area contributed by atoms with E-state index in [9.17, 15) is 14.0 Å². The molecule has 2 heterocycles. The SMILES string of the molecule is CCOC(=O)c1c(NC(=O)CSc2nnc(-c3ccccc3F)n2C2CCCC2)sc(C)c1C. The molecule has 0 unspecified atom stereocenters. The first-order chi connectivity index (χ1) is 16.4. The zero-order valence-electron chi connectivity index (χ0n) is 19.4. The van der Waals surface area contributed by atoms with E-state index < -0.39 is 5.97 Å². The zero-order valence-corrected chi connectivity index (χ0v) is 21.0. The number of nitrogens with one attached hydrogen (secondary N) is 1. The monoisotopic (exact) mass is 502 g/mol. The maximum absolute atomic E-state index is 14.5. The Hall–Kier alpha value is -2.72. The van der Waals surface area contributed by atoms with Gasteiger partial charge in [-0.05, 0) is 51.3 Å². The number of anilines is 1. The highest BCUT2D eigenvalue weighted by Gasteiger charge is 2.27. The number of ether oxygens (including phenoxy) is 1. The van der Waals surface area contributed by atoms with Crippen molar-refractivity contribution in [1.82, 2.24) is 14.8 Å². The van der Waals surface area contributed by atoms with Crippen LogP contribution in [0.1, 0.15) is 59.4 Å². The first kappa shape index (κ1) is 24.4. The van der Waals surface area contributed by atoms with Gasteiger partial charge >= 0.3 is 5.97 Å². The molecule has 34 heavy (non-hydrogen) atoms. The molecule has 2 aromatic heterocycles. The van der Waals surface area contributed by atoms with Crippen LogP contribution in [0, 0.1) is 19.7 Å². The fraction of sp³-hybridized carbons (Fsp3) is 0.417. The summed E-state index contributed by atoms with van der Waals surface area (Å²) in [7, 11) is 0. The van der Waals surface area contributed by atoms with Crippen LogP contribution in [0.15, 0.2) is 29.4 Å². The lowest BCUT2D eigenvalue weighted by Gasteiger charge is -2.17. The third-order valence-corrected chi connectivity index (χ3v) is 7.99. The topological polar surface area (TPSA) is 86.1 Å². The average molecular weight is 503 g/mol. The maximum atomic E-state index is 14.5. The number of nitrogens with zero attached hydrogens (tertiary/aromatic N) is 3. The van der Waals surface area contributed by atoms with Gasteiger partial charge in [0.05, 0.1) is 23.5 Å². The average Bonchev–Trinajstić information content (AvgIpc) is 3.53. The van der Waals surface area contributed by atoms with Crippen LogP contribution in [-0.4, -0.2) is 39.0 Å². The molecule has 1 aliphatic rings. The fourth-order valence-electron chi connectivity index (χ4n) is 4.15. The Kier molecular flexibility index (Phi) is 7.67. The molecule has 0 atom stereocenters. The number of carbonyl (C=O) groups is 2. The lowest BCUT2D eigenvalue weighted by molar-refractivity contribution is -0.113. The molecule has 0 aliphatic heterocycles. The lowest BCUT2D eigenvalue weighted by atomic mass is 10.1. The van der Waals surface area contributed by atoms with Crippen LogP contribution < -0.4 is 5.32 Å². The third-order valence-electron chi connectivity index (χ3n) is 5.92. The number of aryl methyl sites for hydroxylation is 1. The van der Waals surface area contributed by atoms with Gasteiger partial charge in [0, 0.05) is 10.9 Å². The summed E-state index contributed by atoms with van der Waals surface area (Å²) in [5, 5.41) is 12.5. The Bertz CT molecular complexity index is 1200. The second-order valence-electron chi connectivity index (χ2n) is 8.14. The van der Waals surface area contributed by atoms with Crippen molar-refractivity contribution in [2.75, 3.05) is 17.7 Å². The fourth-order valence-corrected chi connectivity index (χ4v) is 6.02. The largest absolute Gasteiger partial charge is 0.462 e. The van der Waals surface area contributed by atoms with Crippen LogP contribution in [-0.2, 0) is 9.53 Å². The quantitative estimate of drug-likeness (QED) is 0.310. The maximum Gasteiger partial charge on any atom is 0.341 e. The molecule has 1 amide bonds. The summed E-state index contributed by atoms with van der Waals surface area (Å²) in [4.78, 5) is 26.1. The highest BCUT2D eigenvalue weighted by atomic mass is 32.2. The van der Waals surface area contributed by atoms with E-state index in [1.807, 2.05) is 18.4 Å². The standard InChI is InChI=1S/C24H27FN4O3S2/c1-4-32-23(31)20-14(2)15(3)34-22(20)26-19(30)13-33-24-28-27-21(17-11-7-8-12-18(17)25)29(24)16-9-5-6-10-16/h7-8,11-12,16H,4-6,9-10,13H2,1-3H3,(H,26,30). The van der Waals surface area contributed by atoms with Gasteiger partial charge in [0.1, 0.15) is 10.8 Å². The van der Waals surface area contributed by atoms with Gasteiger partial charge in [-0.2, -0.15) is 0 Å². The molecule has 3 aromatic rings. The molecule has 7 nitrogen and oxygen atoms in total. The summed E-state index contributed by atoms with van der Waals surface area (Å²) < 4.78 is 21.7. The van der Waals surface area contributed by atoms with Gasteiger partial charge in [0.15, 0.2) is 11.0 Å². The van der Waals surface area contributed by atoms with Crippen LogP contribution in [0.4, 0.5) is 9.39 Å². The number of thiophene rings is 1. The Balaban J connectivity index is 1.53. The highest BCUT2D eigenvalue weighted by Crippen LogP contribution is 2.37. The van der Waals surface area contributed by atoms with Crippen molar-refractivity contribution in [2.24, 2.45) is 0 Å². The molecule has 1 fully saturated rings. The number of hydrogen-bond acceptors (Lipinski definition) is 7. The summed E-state index contributed by atoms with van der Waals surface area (Å²) in [6.07, 6.45) is 4.13. The number of thioether (sulfide) groups is 1. The van der Waals surface area contributed by atoms with E-state index in [0.717, 1.165) is 36.1 Å². The van der Waals surface area contributed by atoms with Gasteiger partial charge in [0.2, 0.25) is 5.91 Å². The molecule has 0 radical (unpaired) electrons. The van der Waals surface area contributed by atoms with Gasteiger partial charge in [-0.15, -0.1) is 21.5 Å². The molecule has 180 valence electrons. The second-order valence-corrected chi connectivity index (χ2v) is 10.3. The van der Waals surface area contributed by atoms with Crippen LogP contribution in [0.25, 0.3) is 11.4 Å². The van der Waals surface area contributed by atoms with Crippen molar-refractivity contribution in [1.29, 1.82) is 0 Å². The Morgan fingerprint density at radius 3 is 2.68 bits per heavy atom. The van der Waals surface area contributed by atoms with Crippen molar-refractivity contribution >= 4 is 40.0 Å². The normalized spacial score (nSPS) is 13.9. The smallest absolute Gasteiger partial charge is 0.341 e. The third kappa shape index (κ3) is 5.02.